The van der Waals surface area contributed by atoms with Gasteiger partial charge in [0.05, 0.1) is 17.6 Å². The van der Waals surface area contributed by atoms with Gasteiger partial charge in [-0.05, 0) is 61.5 Å². The summed E-state index contributed by atoms with van der Waals surface area (Å²) >= 11 is 5.70. The molecule has 10 atom stereocenters. The Morgan fingerprint density at radius 2 is 1.51 bits per heavy atom. The number of benzene rings is 3. The maximum atomic E-state index is 14.0. The molecule has 24 heteroatoms. The normalized spacial score (nSPS) is 26.3. The summed E-state index contributed by atoms with van der Waals surface area (Å²) in [6.07, 6.45) is -16.5. The third-order valence-corrected chi connectivity index (χ3v) is 11.6. The number of phenols is 3. The van der Waals surface area contributed by atoms with Gasteiger partial charge in [0, 0.05) is 29.9 Å². The maximum absolute atomic E-state index is 14.0. The lowest BCUT2D eigenvalue weighted by Gasteiger charge is -2.42. The van der Waals surface area contributed by atoms with E-state index in [9.17, 15) is 59.2 Å². The molecule has 0 radical (unpaired) electrons. The number of anilines is 2. The van der Waals surface area contributed by atoms with Crippen LogP contribution in [0.3, 0.4) is 0 Å². The summed E-state index contributed by atoms with van der Waals surface area (Å²) in [6, 6.07) is 14.2. The monoisotopic (exact) mass is 920 g/mol. The molecular weight excluding hydrogens is 880 g/mol. The van der Waals surface area contributed by atoms with E-state index in [-0.39, 0.29) is 45.9 Å². The summed E-state index contributed by atoms with van der Waals surface area (Å²) in [4.78, 5) is 13.9. The minimum absolute atomic E-state index is 0.00885. The van der Waals surface area contributed by atoms with Gasteiger partial charge in [-0.15, -0.1) is 10.2 Å². The van der Waals surface area contributed by atoms with Gasteiger partial charge in [-0.1, -0.05) is 11.6 Å². The van der Waals surface area contributed by atoms with Gasteiger partial charge < -0.3 is 79.4 Å². The number of hydrogen-bond acceptors (Lipinski definition) is 21. The van der Waals surface area contributed by atoms with Crippen LogP contribution >= 0.6 is 11.6 Å². The van der Waals surface area contributed by atoms with E-state index in [4.69, 9.17) is 39.7 Å². The summed E-state index contributed by atoms with van der Waals surface area (Å²) in [7, 11) is -3.98. The zero-order chi connectivity index (χ0) is 45.3. The molecule has 338 valence electrons. The molecule has 0 unspecified atom stereocenters. The van der Waals surface area contributed by atoms with Crippen molar-refractivity contribution in [3.05, 3.63) is 82.1 Å². The number of aromatic hydroxyl groups is 3. The van der Waals surface area contributed by atoms with Gasteiger partial charge in [0.1, 0.15) is 71.8 Å². The predicted molar refractivity (Wildman–Crippen MR) is 217 cm³/mol. The zero-order valence-electron chi connectivity index (χ0n) is 32.6. The average molecular weight is 921 g/mol. The van der Waals surface area contributed by atoms with E-state index in [1.165, 1.54) is 55.5 Å². The lowest BCUT2D eigenvalue weighted by atomic mass is 9.98. The lowest BCUT2D eigenvalue weighted by molar-refractivity contribution is -0.318. The second-order valence-electron chi connectivity index (χ2n) is 14.4. The Morgan fingerprint density at radius 3 is 2.21 bits per heavy atom. The van der Waals surface area contributed by atoms with E-state index in [0.29, 0.717) is 5.69 Å². The van der Waals surface area contributed by atoms with Gasteiger partial charge in [-0.3, -0.25) is 9.52 Å². The Hall–Kier alpha value is -5.57. The first-order chi connectivity index (χ1) is 29.9. The number of fused-ring (bicyclic) bond motifs is 1. The van der Waals surface area contributed by atoms with Crippen LogP contribution in [0.1, 0.15) is 6.92 Å². The first kappa shape index (κ1) is 45.5. The average Bonchev–Trinajstić information content (AvgIpc) is 3.24. The Kier molecular flexibility index (Phi) is 13.5. The van der Waals surface area contributed by atoms with E-state index >= 15 is 0 Å². The first-order valence-corrected chi connectivity index (χ1v) is 20.8. The number of nitrogens with one attached hydrogen (secondary N) is 2. The highest BCUT2D eigenvalue weighted by Gasteiger charge is 2.48. The lowest BCUT2D eigenvalue weighted by Crippen LogP contribution is -2.61. The first-order valence-electron chi connectivity index (χ1n) is 18.9. The smallest absolute Gasteiger partial charge is 0.263 e. The quantitative estimate of drug-likeness (QED) is 0.0669. The summed E-state index contributed by atoms with van der Waals surface area (Å²) in [5, 5.41) is 105. The van der Waals surface area contributed by atoms with Crippen molar-refractivity contribution in [2.24, 2.45) is 0 Å². The largest absolute Gasteiger partial charge is 0.508 e. The Morgan fingerprint density at radius 1 is 0.794 bits per heavy atom. The number of sulfonamides is 1. The molecule has 0 spiro atoms. The van der Waals surface area contributed by atoms with Crippen LogP contribution in [0.4, 0.5) is 11.5 Å². The number of aromatic nitrogens is 2. The van der Waals surface area contributed by atoms with E-state index in [1.54, 1.807) is 0 Å². The molecular formula is C39H41ClN4O18S. The van der Waals surface area contributed by atoms with Crippen molar-refractivity contribution in [3.63, 3.8) is 0 Å². The Bertz CT molecular complexity index is 2590. The summed E-state index contributed by atoms with van der Waals surface area (Å²) in [6.45, 7) is 0.957. The fourth-order valence-corrected chi connectivity index (χ4v) is 7.73. The summed E-state index contributed by atoms with van der Waals surface area (Å²) < 4.78 is 61.9. The highest BCUT2D eigenvalue weighted by Crippen LogP contribution is 2.40. The van der Waals surface area contributed by atoms with Gasteiger partial charge in [-0.2, -0.15) is 0 Å². The number of phenolic OH excluding ortho intramolecular Hbond substituents is 3. The van der Waals surface area contributed by atoms with Crippen molar-refractivity contribution in [2.75, 3.05) is 29.8 Å². The topological polar surface area (TPSA) is 342 Å². The SMILES string of the molecule is C[C@@H]1O[C@@H](OC[C@H]2O[C@@H](Oc3c(-c4ccc(OCCNc5ccc(S(=O)(=O)Nc6ccc(Cl)nn6)cc5)c(O)c4)oc4cc(O)cc(O)c4c3=O)[C@H](O)[C@@H](O)[C@@H]2O)[C@H](O)[C@H](O)[C@H]1O. The van der Waals surface area contributed by atoms with Crippen molar-refractivity contribution < 1.29 is 82.5 Å². The maximum Gasteiger partial charge on any atom is 0.263 e. The molecule has 5 aromatic rings. The van der Waals surface area contributed by atoms with Crippen molar-refractivity contribution in [3.8, 4) is 40.1 Å². The summed E-state index contributed by atoms with van der Waals surface area (Å²) in [5.41, 5.74) is -0.842. The fourth-order valence-electron chi connectivity index (χ4n) is 6.63. The standard InChI is InChI=1S/C39H41ClN4O18S/c1-16-29(48)32(51)34(53)38(59-16)58-15-25-30(49)33(52)35(54)39(61-25)62-37-31(50)28-22(47)13-19(45)14-24(28)60-36(37)17-2-7-23(21(46)12-17)57-11-10-41-18-3-5-20(6-4-18)63(55,56)44-27-9-8-26(40)42-43-27/h2-9,12-14,16,25,29-30,32-35,38-39,41,45-49,51-54H,10-11,15H2,1H3,(H,43,44)/t16-,25+,29-,30+,32+,33-,34+,35+,38+,39-/m0/s1. The molecule has 0 aliphatic carbocycles. The molecule has 7 rings (SSSR count). The third kappa shape index (κ3) is 9.83. The number of aliphatic hydroxyl groups excluding tert-OH is 6. The van der Waals surface area contributed by atoms with Crippen LogP contribution in [0.2, 0.25) is 5.15 Å². The van der Waals surface area contributed by atoms with E-state index in [1.807, 2.05) is 0 Å². The van der Waals surface area contributed by atoms with E-state index in [2.05, 4.69) is 20.2 Å². The molecule has 0 bridgehead atoms. The second-order valence-corrected chi connectivity index (χ2v) is 16.5. The van der Waals surface area contributed by atoms with Crippen LogP contribution in [-0.2, 0) is 24.2 Å². The summed E-state index contributed by atoms with van der Waals surface area (Å²) in [5.74, 6) is -2.79. The molecule has 2 saturated heterocycles. The molecule has 0 amide bonds. The van der Waals surface area contributed by atoms with E-state index < -0.39 is 118 Å². The molecule has 2 aliphatic rings. The van der Waals surface area contributed by atoms with Crippen LogP contribution in [-0.4, -0.2) is 146 Å². The van der Waals surface area contributed by atoms with Crippen LogP contribution in [0.5, 0.6) is 28.7 Å². The number of ether oxygens (including phenoxy) is 5. The minimum atomic E-state index is -3.98. The molecule has 2 aromatic heterocycles. The molecule has 11 N–H and O–H groups in total. The van der Waals surface area contributed by atoms with Crippen LogP contribution in [0.25, 0.3) is 22.3 Å². The highest BCUT2D eigenvalue weighted by atomic mass is 35.5. The minimum Gasteiger partial charge on any atom is -0.508 e. The third-order valence-electron chi connectivity index (χ3n) is 10.00. The molecule has 4 heterocycles. The van der Waals surface area contributed by atoms with E-state index in [0.717, 1.165) is 18.2 Å². The van der Waals surface area contributed by atoms with Gasteiger partial charge >= 0.3 is 0 Å². The van der Waals surface area contributed by atoms with Crippen LogP contribution in [0, 0.1) is 0 Å². The number of halogens is 1. The fraction of sp³-hybridized carbons (Fsp3) is 0.359. The van der Waals surface area contributed by atoms with Crippen molar-refractivity contribution >= 4 is 44.1 Å². The van der Waals surface area contributed by atoms with Gasteiger partial charge in [-0.25, -0.2) is 8.42 Å². The Labute approximate surface area is 361 Å². The molecule has 22 nitrogen and oxygen atoms in total. The van der Waals surface area contributed by atoms with Gasteiger partial charge in [0.25, 0.3) is 10.0 Å². The number of nitrogens with zero attached hydrogens (tertiary/aromatic N) is 2. The van der Waals surface area contributed by atoms with Gasteiger partial charge in [0.15, 0.2) is 34.5 Å². The predicted octanol–water partition coefficient (Wildman–Crippen LogP) is 0.342. The molecule has 0 saturated carbocycles. The van der Waals surface area contributed by atoms with Crippen LogP contribution < -0.4 is 24.9 Å². The van der Waals surface area contributed by atoms with Crippen molar-refractivity contribution in [2.45, 2.75) is 73.2 Å². The molecule has 3 aromatic carbocycles. The number of rotatable bonds is 14. The van der Waals surface area contributed by atoms with Crippen molar-refractivity contribution in [1.29, 1.82) is 0 Å². The number of hydrogen-bond donors (Lipinski definition) is 11. The Balaban J connectivity index is 1.05. The zero-order valence-corrected chi connectivity index (χ0v) is 34.2. The van der Waals surface area contributed by atoms with Crippen molar-refractivity contribution in [1.82, 2.24) is 10.2 Å². The molecule has 2 fully saturated rings. The highest BCUT2D eigenvalue weighted by molar-refractivity contribution is 7.92. The van der Waals surface area contributed by atoms with Crippen LogP contribution in [0.15, 0.2) is 80.8 Å². The van der Waals surface area contributed by atoms with Gasteiger partial charge in [0.2, 0.25) is 17.5 Å². The molecule has 63 heavy (non-hydrogen) atoms. The second kappa shape index (κ2) is 18.6. The molecule has 2 aliphatic heterocycles. The number of aliphatic hydroxyl groups is 6.